The Kier molecular flexibility index (Phi) is 4.76. The van der Waals surface area contributed by atoms with Crippen molar-refractivity contribution in [3.8, 4) is 5.75 Å². The van der Waals surface area contributed by atoms with E-state index < -0.39 is 5.97 Å². The predicted octanol–water partition coefficient (Wildman–Crippen LogP) is 2.63. The van der Waals surface area contributed by atoms with Crippen LogP contribution in [-0.2, 0) is 11.2 Å². The van der Waals surface area contributed by atoms with Crippen LogP contribution in [0.1, 0.15) is 25.3 Å². The highest BCUT2D eigenvalue weighted by Crippen LogP contribution is 2.21. The first-order chi connectivity index (χ1) is 7.63. The maximum atomic E-state index is 13.0. The van der Waals surface area contributed by atoms with Gasteiger partial charge in [-0.2, -0.15) is 0 Å². The van der Waals surface area contributed by atoms with Gasteiger partial charge < -0.3 is 9.84 Å². The second-order valence-electron chi connectivity index (χ2n) is 3.49. The second-order valence-corrected chi connectivity index (χ2v) is 3.49. The maximum Gasteiger partial charge on any atom is 0.303 e. The van der Waals surface area contributed by atoms with E-state index in [1.807, 2.05) is 6.92 Å². The summed E-state index contributed by atoms with van der Waals surface area (Å²) in [4.78, 5) is 10.4. The molecule has 3 nitrogen and oxygen atoms in total. The van der Waals surface area contributed by atoms with Crippen molar-refractivity contribution in [1.29, 1.82) is 0 Å². The molecule has 0 heterocycles. The normalized spacial score (nSPS) is 10.1. The molecule has 0 aliphatic rings. The molecule has 1 N–H and O–H groups in total. The van der Waals surface area contributed by atoms with Gasteiger partial charge in [0.2, 0.25) is 0 Å². The molecule has 0 saturated heterocycles. The molecular formula is C12H15FO3. The van der Waals surface area contributed by atoms with Gasteiger partial charge in [-0.3, -0.25) is 4.79 Å². The average Bonchev–Trinajstić information content (AvgIpc) is 2.25. The summed E-state index contributed by atoms with van der Waals surface area (Å²) in [6, 6.07) is 4.19. The third kappa shape index (κ3) is 3.88. The van der Waals surface area contributed by atoms with Crippen LogP contribution in [0.15, 0.2) is 18.2 Å². The highest BCUT2D eigenvalue weighted by atomic mass is 19.1. The fraction of sp³-hybridized carbons (Fsp3) is 0.417. The molecule has 0 amide bonds. The van der Waals surface area contributed by atoms with E-state index >= 15 is 0 Å². The van der Waals surface area contributed by atoms with E-state index in [1.54, 1.807) is 6.07 Å². The van der Waals surface area contributed by atoms with Gasteiger partial charge in [-0.1, -0.05) is 6.92 Å². The Bertz CT molecular complexity index is 363. The van der Waals surface area contributed by atoms with Gasteiger partial charge in [-0.05, 0) is 36.6 Å². The second kappa shape index (κ2) is 6.10. The zero-order valence-corrected chi connectivity index (χ0v) is 9.20. The molecule has 0 radical (unpaired) electrons. The molecule has 1 aromatic rings. The standard InChI is InChI=1S/C12H15FO3/c1-2-7-16-11-5-4-10(13)8-9(11)3-6-12(14)15/h4-5,8H,2-3,6-7H2,1H3,(H,14,15). The molecule has 88 valence electrons. The van der Waals surface area contributed by atoms with Crippen molar-refractivity contribution in [2.45, 2.75) is 26.2 Å². The molecule has 1 aromatic carbocycles. The quantitative estimate of drug-likeness (QED) is 0.811. The summed E-state index contributed by atoms with van der Waals surface area (Å²) in [5.41, 5.74) is 0.607. The van der Waals surface area contributed by atoms with Crippen LogP contribution in [0, 0.1) is 5.82 Å². The summed E-state index contributed by atoms with van der Waals surface area (Å²) < 4.78 is 18.4. The minimum absolute atomic E-state index is 0.0219. The van der Waals surface area contributed by atoms with Crippen LogP contribution in [0.25, 0.3) is 0 Å². The summed E-state index contributed by atoms with van der Waals surface area (Å²) >= 11 is 0. The fourth-order valence-corrected chi connectivity index (χ4v) is 1.34. The number of aliphatic carboxylic acids is 1. The minimum Gasteiger partial charge on any atom is -0.493 e. The molecular weight excluding hydrogens is 211 g/mol. The summed E-state index contributed by atoms with van der Waals surface area (Å²) in [7, 11) is 0. The Morgan fingerprint density at radius 2 is 2.25 bits per heavy atom. The molecule has 0 bridgehead atoms. The fourth-order valence-electron chi connectivity index (χ4n) is 1.34. The number of hydrogen-bond acceptors (Lipinski definition) is 2. The van der Waals surface area contributed by atoms with Gasteiger partial charge in [0.25, 0.3) is 0 Å². The zero-order valence-electron chi connectivity index (χ0n) is 9.20. The third-order valence-corrected chi connectivity index (χ3v) is 2.09. The minimum atomic E-state index is -0.897. The van der Waals surface area contributed by atoms with E-state index in [9.17, 15) is 9.18 Å². The molecule has 1 rings (SSSR count). The maximum absolute atomic E-state index is 13.0. The Morgan fingerprint density at radius 1 is 1.50 bits per heavy atom. The van der Waals surface area contributed by atoms with Crippen LogP contribution in [0.3, 0.4) is 0 Å². The summed E-state index contributed by atoms with van der Waals surface area (Å²) in [5, 5.41) is 8.58. The van der Waals surface area contributed by atoms with Crippen molar-refractivity contribution in [2.75, 3.05) is 6.61 Å². The van der Waals surface area contributed by atoms with Crippen molar-refractivity contribution in [3.63, 3.8) is 0 Å². The largest absolute Gasteiger partial charge is 0.493 e. The summed E-state index contributed by atoms with van der Waals surface area (Å²) in [6.07, 6.45) is 1.12. The lowest BCUT2D eigenvalue weighted by Crippen LogP contribution is -2.02. The number of aryl methyl sites for hydroxylation is 1. The van der Waals surface area contributed by atoms with E-state index in [2.05, 4.69) is 0 Å². The first-order valence-electron chi connectivity index (χ1n) is 5.26. The topological polar surface area (TPSA) is 46.5 Å². The van der Waals surface area contributed by atoms with E-state index in [4.69, 9.17) is 9.84 Å². The monoisotopic (exact) mass is 226 g/mol. The SMILES string of the molecule is CCCOc1ccc(F)cc1CCC(=O)O. The molecule has 0 aromatic heterocycles. The Balaban J connectivity index is 2.76. The number of halogens is 1. The molecule has 0 saturated carbocycles. The smallest absolute Gasteiger partial charge is 0.303 e. The molecule has 0 atom stereocenters. The number of carboxylic acid groups (broad SMARTS) is 1. The summed E-state index contributed by atoms with van der Waals surface area (Å²) in [6.45, 7) is 2.52. The van der Waals surface area contributed by atoms with Gasteiger partial charge >= 0.3 is 5.97 Å². The van der Waals surface area contributed by atoms with Gasteiger partial charge in [0.05, 0.1) is 6.61 Å². The molecule has 4 heteroatoms. The lowest BCUT2D eigenvalue weighted by molar-refractivity contribution is -0.136. The van der Waals surface area contributed by atoms with Gasteiger partial charge in [-0.15, -0.1) is 0 Å². The van der Waals surface area contributed by atoms with Crippen LogP contribution in [-0.4, -0.2) is 17.7 Å². The number of rotatable bonds is 6. The van der Waals surface area contributed by atoms with Crippen molar-refractivity contribution in [1.82, 2.24) is 0 Å². The summed E-state index contributed by atoms with van der Waals surface area (Å²) in [5.74, 6) is -0.695. The van der Waals surface area contributed by atoms with E-state index in [1.165, 1.54) is 12.1 Å². The van der Waals surface area contributed by atoms with Crippen LogP contribution in [0.5, 0.6) is 5.75 Å². The molecule has 16 heavy (non-hydrogen) atoms. The average molecular weight is 226 g/mol. The van der Waals surface area contributed by atoms with E-state index in [-0.39, 0.29) is 18.7 Å². The van der Waals surface area contributed by atoms with Gasteiger partial charge in [-0.25, -0.2) is 4.39 Å². The Labute approximate surface area is 93.9 Å². The number of carboxylic acids is 1. The van der Waals surface area contributed by atoms with E-state index in [0.29, 0.717) is 17.9 Å². The highest BCUT2D eigenvalue weighted by molar-refractivity contribution is 5.67. The molecule has 0 aliphatic heterocycles. The lowest BCUT2D eigenvalue weighted by Gasteiger charge is -2.10. The first-order valence-corrected chi connectivity index (χ1v) is 5.26. The van der Waals surface area contributed by atoms with Crippen LogP contribution < -0.4 is 4.74 Å². The van der Waals surface area contributed by atoms with Crippen molar-refractivity contribution < 1.29 is 19.0 Å². The van der Waals surface area contributed by atoms with Crippen molar-refractivity contribution >= 4 is 5.97 Å². The third-order valence-electron chi connectivity index (χ3n) is 2.09. The first kappa shape index (κ1) is 12.5. The Morgan fingerprint density at radius 3 is 2.88 bits per heavy atom. The molecule has 0 unspecified atom stereocenters. The van der Waals surface area contributed by atoms with Gasteiger partial charge in [0, 0.05) is 6.42 Å². The highest BCUT2D eigenvalue weighted by Gasteiger charge is 2.07. The number of ether oxygens (including phenoxy) is 1. The Hall–Kier alpha value is -1.58. The van der Waals surface area contributed by atoms with Crippen molar-refractivity contribution in [2.24, 2.45) is 0 Å². The van der Waals surface area contributed by atoms with Gasteiger partial charge in [0.1, 0.15) is 11.6 Å². The van der Waals surface area contributed by atoms with Crippen LogP contribution in [0.2, 0.25) is 0 Å². The molecule has 0 spiro atoms. The number of benzene rings is 1. The molecule has 0 aliphatic carbocycles. The van der Waals surface area contributed by atoms with E-state index in [0.717, 1.165) is 6.42 Å². The van der Waals surface area contributed by atoms with Crippen LogP contribution >= 0.6 is 0 Å². The molecule has 0 fully saturated rings. The zero-order chi connectivity index (χ0) is 12.0. The lowest BCUT2D eigenvalue weighted by atomic mass is 10.1. The van der Waals surface area contributed by atoms with Crippen molar-refractivity contribution in [3.05, 3.63) is 29.6 Å². The predicted molar refractivity (Wildman–Crippen MR) is 58.1 cm³/mol. The van der Waals surface area contributed by atoms with Crippen LogP contribution in [0.4, 0.5) is 4.39 Å². The number of hydrogen-bond donors (Lipinski definition) is 1. The van der Waals surface area contributed by atoms with Gasteiger partial charge in [0.15, 0.2) is 0 Å². The number of carbonyl (C=O) groups is 1.